The van der Waals surface area contributed by atoms with Gasteiger partial charge in [-0.2, -0.15) is 0 Å². The maximum Gasteiger partial charge on any atom is 0.312 e. The fourth-order valence-corrected chi connectivity index (χ4v) is 2.08. The normalized spacial score (nSPS) is 15.1. The van der Waals surface area contributed by atoms with Crippen molar-refractivity contribution in [2.75, 3.05) is 13.2 Å². The van der Waals surface area contributed by atoms with Crippen LogP contribution in [-0.4, -0.2) is 25.0 Å². The second kappa shape index (κ2) is 8.66. The molecule has 0 spiro atoms. The van der Waals surface area contributed by atoms with Crippen molar-refractivity contribution in [3.8, 4) is 0 Å². The minimum Gasteiger partial charge on any atom is -0.466 e. The molecule has 0 radical (unpaired) electrons. The highest BCUT2D eigenvalue weighted by Crippen LogP contribution is 2.26. The summed E-state index contributed by atoms with van der Waals surface area (Å²) in [4.78, 5) is 11.7. The van der Waals surface area contributed by atoms with Crippen molar-refractivity contribution in [3.05, 3.63) is 0 Å². The van der Waals surface area contributed by atoms with Gasteiger partial charge in [0, 0.05) is 6.61 Å². The Hall–Kier alpha value is -0.470. The van der Waals surface area contributed by atoms with Crippen LogP contribution in [0.3, 0.4) is 0 Å². The standard InChI is InChI=1S/C11H21O4P/c1-5-14-10(12)9(7-8(3)4)11(16-13)15-6-2/h8-9,11H,5-7H2,1-4H3. The molecule has 0 bridgehead atoms. The second-order valence-electron chi connectivity index (χ2n) is 3.94. The summed E-state index contributed by atoms with van der Waals surface area (Å²) in [6.45, 7) is 8.37. The molecular weight excluding hydrogens is 227 g/mol. The van der Waals surface area contributed by atoms with Crippen molar-refractivity contribution in [1.29, 1.82) is 0 Å². The van der Waals surface area contributed by atoms with Gasteiger partial charge < -0.3 is 9.47 Å². The molecule has 0 aromatic carbocycles. The van der Waals surface area contributed by atoms with E-state index in [-0.39, 0.29) is 14.4 Å². The highest BCUT2D eigenvalue weighted by molar-refractivity contribution is 7.24. The first-order chi connectivity index (χ1) is 7.56. The Balaban J connectivity index is 4.60. The van der Waals surface area contributed by atoms with Crippen LogP contribution in [0.2, 0.25) is 0 Å². The van der Waals surface area contributed by atoms with Crippen LogP contribution in [-0.2, 0) is 18.8 Å². The summed E-state index contributed by atoms with van der Waals surface area (Å²) in [6.07, 6.45) is 0.624. The molecule has 4 nitrogen and oxygen atoms in total. The summed E-state index contributed by atoms with van der Waals surface area (Å²) in [5.74, 6) is -1.03. The summed E-state index contributed by atoms with van der Waals surface area (Å²) in [5, 5.41) is 0. The zero-order chi connectivity index (χ0) is 12.6. The van der Waals surface area contributed by atoms with Crippen LogP contribution in [0.15, 0.2) is 0 Å². The van der Waals surface area contributed by atoms with E-state index in [1.54, 1.807) is 6.92 Å². The molecule has 0 aromatic heterocycles. The highest BCUT2D eigenvalue weighted by Gasteiger charge is 2.31. The summed E-state index contributed by atoms with van der Waals surface area (Å²) in [6, 6.07) is 0. The van der Waals surface area contributed by atoms with Crippen LogP contribution in [0.25, 0.3) is 0 Å². The van der Waals surface area contributed by atoms with E-state index in [1.807, 2.05) is 20.8 Å². The second-order valence-corrected chi connectivity index (χ2v) is 4.66. The van der Waals surface area contributed by atoms with E-state index in [9.17, 15) is 9.36 Å². The molecule has 0 N–H and O–H groups in total. The summed E-state index contributed by atoms with van der Waals surface area (Å²) >= 11 is 0. The van der Waals surface area contributed by atoms with Crippen LogP contribution in [0.4, 0.5) is 0 Å². The Kier molecular flexibility index (Phi) is 8.40. The Morgan fingerprint density at radius 1 is 1.25 bits per heavy atom. The topological polar surface area (TPSA) is 52.6 Å². The lowest BCUT2D eigenvalue weighted by Crippen LogP contribution is -2.30. The van der Waals surface area contributed by atoms with E-state index in [0.29, 0.717) is 25.6 Å². The smallest absolute Gasteiger partial charge is 0.312 e. The quantitative estimate of drug-likeness (QED) is 0.489. The molecule has 0 saturated heterocycles. The molecule has 0 heterocycles. The van der Waals surface area contributed by atoms with Crippen molar-refractivity contribution in [3.63, 3.8) is 0 Å². The molecular formula is C11H21O4P. The minimum atomic E-state index is -0.591. The zero-order valence-corrected chi connectivity index (χ0v) is 11.3. The molecule has 0 amide bonds. The summed E-state index contributed by atoms with van der Waals surface area (Å²) < 4.78 is 21.3. The van der Waals surface area contributed by atoms with E-state index in [1.165, 1.54) is 0 Å². The number of rotatable bonds is 8. The third-order valence-corrected chi connectivity index (χ3v) is 2.82. The van der Waals surface area contributed by atoms with Crippen LogP contribution < -0.4 is 0 Å². The Bertz CT molecular complexity index is 218. The third kappa shape index (κ3) is 5.57. The van der Waals surface area contributed by atoms with Crippen molar-refractivity contribution >= 4 is 14.4 Å². The number of hydrogen-bond donors (Lipinski definition) is 0. The van der Waals surface area contributed by atoms with Crippen LogP contribution in [0, 0.1) is 11.8 Å². The molecule has 0 fully saturated rings. The lowest BCUT2D eigenvalue weighted by molar-refractivity contribution is -0.152. The largest absolute Gasteiger partial charge is 0.466 e. The molecule has 0 saturated carbocycles. The zero-order valence-electron chi connectivity index (χ0n) is 10.4. The first-order valence-electron chi connectivity index (χ1n) is 5.67. The first kappa shape index (κ1) is 15.5. The molecule has 0 aromatic rings. The lowest BCUT2D eigenvalue weighted by atomic mass is 9.97. The Morgan fingerprint density at radius 2 is 1.88 bits per heavy atom. The minimum absolute atomic E-state index is 0.157. The fraction of sp³-hybridized carbons (Fsp3) is 0.909. The Labute approximate surface area is 98.9 Å². The van der Waals surface area contributed by atoms with Crippen LogP contribution in [0.1, 0.15) is 34.1 Å². The summed E-state index contributed by atoms with van der Waals surface area (Å²) in [5.41, 5.74) is 0. The van der Waals surface area contributed by atoms with E-state index in [4.69, 9.17) is 9.47 Å². The Morgan fingerprint density at radius 3 is 2.25 bits per heavy atom. The van der Waals surface area contributed by atoms with Gasteiger partial charge in [-0.3, -0.25) is 9.36 Å². The van der Waals surface area contributed by atoms with Crippen molar-refractivity contribution < 1.29 is 18.8 Å². The molecule has 94 valence electrons. The maximum absolute atomic E-state index is 11.7. The molecule has 0 aliphatic rings. The van der Waals surface area contributed by atoms with Gasteiger partial charge in [0.25, 0.3) is 0 Å². The average Bonchev–Trinajstić information content (AvgIpc) is 2.23. The average molecular weight is 248 g/mol. The molecule has 2 unspecified atom stereocenters. The number of carbonyl (C=O) groups excluding carboxylic acids is 1. The van der Waals surface area contributed by atoms with E-state index >= 15 is 0 Å². The van der Waals surface area contributed by atoms with E-state index < -0.39 is 11.8 Å². The van der Waals surface area contributed by atoms with E-state index in [0.717, 1.165) is 0 Å². The molecule has 5 heteroatoms. The number of hydrogen-bond acceptors (Lipinski definition) is 4. The van der Waals surface area contributed by atoms with Gasteiger partial charge in [-0.1, -0.05) is 13.8 Å². The lowest BCUT2D eigenvalue weighted by Gasteiger charge is -2.21. The predicted octanol–water partition coefficient (Wildman–Crippen LogP) is 2.87. The van der Waals surface area contributed by atoms with Crippen molar-refractivity contribution in [2.45, 2.75) is 40.0 Å². The van der Waals surface area contributed by atoms with Gasteiger partial charge in [0.1, 0.15) is 0 Å². The molecule has 2 atom stereocenters. The molecule has 16 heavy (non-hydrogen) atoms. The van der Waals surface area contributed by atoms with Gasteiger partial charge in [0.05, 0.1) is 12.5 Å². The number of carbonyl (C=O) groups is 1. The SMILES string of the molecule is CCOC(=O)C(CC(C)C)C(OCC)P=O. The van der Waals surface area contributed by atoms with Gasteiger partial charge >= 0.3 is 5.97 Å². The maximum atomic E-state index is 11.7. The van der Waals surface area contributed by atoms with Crippen molar-refractivity contribution in [1.82, 2.24) is 0 Å². The van der Waals surface area contributed by atoms with Gasteiger partial charge in [-0.05, 0) is 26.2 Å². The predicted molar refractivity (Wildman–Crippen MR) is 62.6 cm³/mol. The van der Waals surface area contributed by atoms with Crippen molar-refractivity contribution in [2.24, 2.45) is 11.8 Å². The third-order valence-electron chi connectivity index (χ3n) is 2.10. The first-order valence-corrected chi connectivity index (χ1v) is 6.55. The number of esters is 1. The van der Waals surface area contributed by atoms with Crippen LogP contribution in [0.5, 0.6) is 0 Å². The number of ether oxygens (including phenoxy) is 2. The van der Waals surface area contributed by atoms with E-state index in [2.05, 4.69) is 0 Å². The van der Waals surface area contributed by atoms with Gasteiger partial charge in [0.2, 0.25) is 0 Å². The summed E-state index contributed by atoms with van der Waals surface area (Å²) in [7, 11) is -0.157. The van der Waals surface area contributed by atoms with Crippen LogP contribution >= 0.6 is 8.46 Å². The van der Waals surface area contributed by atoms with Gasteiger partial charge in [-0.25, -0.2) is 0 Å². The van der Waals surface area contributed by atoms with Gasteiger partial charge in [0.15, 0.2) is 14.3 Å². The highest BCUT2D eigenvalue weighted by atomic mass is 31.1. The molecule has 0 rings (SSSR count). The monoisotopic (exact) mass is 248 g/mol. The molecule has 0 aliphatic heterocycles. The van der Waals surface area contributed by atoms with Gasteiger partial charge in [-0.15, -0.1) is 0 Å². The molecule has 0 aliphatic carbocycles. The fourth-order valence-electron chi connectivity index (χ4n) is 1.48.